The standard InChI is InChI=1S/C14H26N2O/c1-10(2)15-5-6-16-14(17)9-13-8-11-3-4-12(13)7-11/h10-13,15H,3-9H2,1-2H3,(H,16,17). The molecule has 17 heavy (non-hydrogen) atoms. The maximum Gasteiger partial charge on any atom is 0.220 e. The van der Waals surface area contributed by atoms with Crippen molar-refractivity contribution in [2.45, 2.75) is 52.0 Å². The molecule has 3 nitrogen and oxygen atoms in total. The summed E-state index contributed by atoms with van der Waals surface area (Å²) in [5.74, 6) is 2.75. The van der Waals surface area contributed by atoms with Crippen molar-refractivity contribution in [1.82, 2.24) is 10.6 Å². The Hall–Kier alpha value is -0.570. The lowest BCUT2D eigenvalue weighted by Crippen LogP contribution is -2.35. The molecular formula is C14H26N2O. The van der Waals surface area contributed by atoms with Gasteiger partial charge in [-0.05, 0) is 37.0 Å². The second-order valence-corrected chi connectivity index (χ2v) is 6.10. The highest BCUT2D eigenvalue weighted by atomic mass is 16.1. The van der Waals surface area contributed by atoms with Crippen LogP contribution in [0.5, 0.6) is 0 Å². The highest BCUT2D eigenvalue weighted by molar-refractivity contribution is 5.76. The molecule has 2 aliphatic carbocycles. The molecule has 0 aromatic rings. The van der Waals surface area contributed by atoms with E-state index < -0.39 is 0 Å². The lowest BCUT2D eigenvalue weighted by Gasteiger charge is -2.21. The van der Waals surface area contributed by atoms with Crippen LogP contribution in [-0.2, 0) is 4.79 Å². The molecule has 1 amide bonds. The van der Waals surface area contributed by atoms with Gasteiger partial charge in [0.2, 0.25) is 5.91 Å². The van der Waals surface area contributed by atoms with Crippen molar-refractivity contribution in [1.29, 1.82) is 0 Å². The second kappa shape index (κ2) is 5.85. The van der Waals surface area contributed by atoms with Crippen molar-refractivity contribution in [2.75, 3.05) is 13.1 Å². The van der Waals surface area contributed by atoms with E-state index in [2.05, 4.69) is 24.5 Å². The fourth-order valence-corrected chi connectivity index (χ4v) is 3.50. The Kier molecular flexibility index (Phi) is 4.43. The summed E-state index contributed by atoms with van der Waals surface area (Å²) in [4.78, 5) is 11.8. The Balaban J connectivity index is 1.58. The Morgan fingerprint density at radius 1 is 1.24 bits per heavy atom. The molecule has 3 unspecified atom stereocenters. The van der Waals surface area contributed by atoms with Crippen LogP contribution in [0.2, 0.25) is 0 Å². The summed E-state index contributed by atoms with van der Waals surface area (Å²) >= 11 is 0. The molecule has 0 aromatic heterocycles. The van der Waals surface area contributed by atoms with Crippen LogP contribution in [0, 0.1) is 17.8 Å². The van der Waals surface area contributed by atoms with Crippen LogP contribution in [0.4, 0.5) is 0 Å². The molecule has 0 radical (unpaired) electrons. The van der Waals surface area contributed by atoms with Crippen molar-refractivity contribution >= 4 is 5.91 Å². The summed E-state index contributed by atoms with van der Waals surface area (Å²) in [6.45, 7) is 5.88. The minimum atomic E-state index is 0.258. The van der Waals surface area contributed by atoms with E-state index in [9.17, 15) is 4.79 Å². The quantitative estimate of drug-likeness (QED) is 0.694. The van der Waals surface area contributed by atoms with Gasteiger partial charge in [-0.15, -0.1) is 0 Å². The number of carbonyl (C=O) groups excluding carboxylic acids is 1. The molecule has 0 aromatic carbocycles. The highest BCUT2D eigenvalue weighted by Gasteiger charge is 2.39. The number of hydrogen-bond acceptors (Lipinski definition) is 2. The zero-order valence-corrected chi connectivity index (χ0v) is 11.2. The maximum absolute atomic E-state index is 11.8. The van der Waals surface area contributed by atoms with E-state index in [4.69, 9.17) is 0 Å². The molecule has 2 rings (SSSR count). The average molecular weight is 238 g/mol. The van der Waals surface area contributed by atoms with E-state index in [0.717, 1.165) is 31.3 Å². The summed E-state index contributed by atoms with van der Waals surface area (Å²) in [6.07, 6.45) is 6.26. The number of hydrogen-bond donors (Lipinski definition) is 2. The van der Waals surface area contributed by atoms with E-state index in [1.807, 2.05) is 0 Å². The predicted molar refractivity (Wildman–Crippen MR) is 69.7 cm³/mol. The van der Waals surface area contributed by atoms with Crippen LogP contribution in [0.3, 0.4) is 0 Å². The fourth-order valence-electron chi connectivity index (χ4n) is 3.50. The minimum Gasteiger partial charge on any atom is -0.355 e. The molecule has 2 bridgehead atoms. The first-order valence-electron chi connectivity index (χ1n) is 7.15. The van der Waals surface area contributed by atoms with Gasteiger partial charge in [-0.3, -0.25) is 4.79 Å². The van der Waals surface area contributed by atoms with Gasteiger partial charge < -0.3 is 10.6 Å². The van der Waals surface area contributed by atoms with E-state index in [1.54, 1.807) is 0 Å². The second-order valence-electron chi connectivity index (χ2n) is 6.10. The van der Waals surface area contributed by atoms with Crippen molar-refractivity contribution in [2.24, 2.45) is 17.8 Å². The first kappa shape index (κ1) is 12.9. The summed E-state index contributed by atoms with van der Waals surface area (Å²) in [6, 6.07) is 0.498. The van der Waals surface area contributed by atoms with Gasteiger partial charge in [-0.2, -0.15) is 0 Å². The van der Waals surface area contributed by atoms with Gasteiger partial charge >= 0.3 is 0 Å². The predicted octanol–water partition coefficient (Wildman–Crippen LogP) is 1.93. The summed E-state index contributed by atoms with van der Waals surface area (Å²) in [5, 5.41) is 6.33. The Morgan fingerprint density at radius 2 is 2.06 bits per heavy atom. The monoisotopic (exact) mass is 238 g/mol. The molecular weight excluding hydrogens is 212 g/mol. The number of rotatable bonds is 6. The minimum absolute atomic E-state index is 0.258. The molecule has 2 N–H and O–H groups in total. The molecule has 0 aliphatic heterocycles. The zero-order valence-electron chi connectivity index (χ0n) is 11.2. The van der Waals surface area contributed by atoms with Gasteiger partial charge in [0.1, 0.15) is 0 Å². The third kappa shape index (κ3) is 3.70. The smallest absolute Gasteiger partial charge is 0.220 e. The first-order valence-corrected chi connectivity index (χ1v) is 7.15. The van der Waals surface area contributed by atoms with Gasteiger partial charge in [0, 0.05) is 25.6 Å². The lowest BCUT2D eigenvalue weighted by molar-refractivity contribution is -0.122. The molecule has 0 spiro atoms. The highest BCUT2D eigenvalue weighted by Crippen LogP contribution is 2.49. The SMILES string of the molecule is CC(C)NCCNC(=O)CC1CC2CCC1C2. The van der Waals surface area contributed by atoms with Crippen molar-refractivity contribution in [3.8, 4) is 0 Å². The van der Waals surface area contributed by atoms with Gasteiger partial charge in [-0.1, -0.05) is 20.3 Å². The molecule has 2 aliphatic rings. The third-order valence-electron chi connectivity index (χ3n) is 4.33. The maximum atomic E-state index is 11.8. The van der Waals surface area contributed by atoms with Crippen molar-refractivity contribution < 1.29 is 4.79 Å². The van der Waals surface area contributed by atoms with Gasteiger partial charge in [0.15, 0.2) is 0 Å². The van der Waals surface area contributed by atoms with E-state index in [-0.39, 0.29) is 5.91 Å². The summed E-state index contributed by atoms with van der Waals surface area (Å²) in [7, 11) is 0. The van der Waals surface area contributed by atoms with Crippen LogP contribution in [0.15, 0.2) is 0 Å². The number of carbonyl (C=O) groups is 1. The Labute approximate surface area is 105 Å². The molecule has 0 saturated heterocycles. The first-order chi connectivity index (χ1) is 8.15. The van der Waals surface area contributed by atoms with E-state index in [1.165, 1.54) is 25.7 Å². The number of amides is 1. The van der Waals surface area contributed by atoms with Crippen LogP contribution in [-0.4, -0.2) is 25.0 Å². The van der Waals surface area contributed by atoms with Gasteiger partial charge in [0.25, 0.3) is 0 Å². The van der Waals surface area contributed by atoms with Crippen LogP contribution in [0.25, 0.3) is 0 Å². The molecule has 2 fully saturated rings. The third-order valence-corrected chi connectivity index (χ3v) is 4.33. The molecule has 98 valence electrons. The Morgan fingerprint density at radius 3 is 2.65 bits per heavy atom. The Bertz CT molecular complexity index is 265. The topological polar surface area (TPSA) is 41.1 Å². The lowest BCUT2D eigenvalue weighted by atomic mass is 9.86. The summed E-state index contributed by atoms with van der Waals surface area (Å²) < 4.78 is 0. The molecule has 0 heterocycles. The molecule has 2 saturated carbocycles. The molecule has 3 heteroatoms. The summed E-state index contributed by atoms with van der Waals surface area (Å²) in [5.41, 5.74) is 0. The van der Waals surface area contributed by atoms with Crippen molar-refractivity contribution in [3.05, 3.63) is 0 Å². The van der Waals surface area contributed by atoms with Crippen LogP contribution < -0.4 is 10.6 Å². The van der Waals surface area contributed by atoms with E-state index >= 15 is 0 Å². The molecule has 3 atom stereocenters. The number of fused-ring (bicyclic) bond motifs is 2. The number of nitrogens with one attached hydrogen (secondary N) is 2. The van der Waals surface area contributed by atoms with Gasteiger partial charge in [-0.25, -0.2) is 0 Å². The van der Waals surface area contributed by atoms with E-state index in [0.29, 0.717) is 12.0 Å². The van der Waals surface area contributed by atoms with Crippen LogP contribution in [0.1, 0.15) is 46.0 Å². The van der Waals surface area contributed by atoms with Gasteiger partial charge in [0.05, 0.1) is 0 Å². The largest absolute Gasteiger partial charge is 0.355 e. The zero-order chi connectivity index (χ0) is 12.3. The fraction of sp³-hybridized carbons (Fsp3) is 0.929. The van der Waals surface area contributed by atoms with Crippen molar-refractivity contribution in [3.63, 3.8) is 0 Å². The van der Waals surface area contributed by atoms with Crippen LogP contribution >= 0.6 is 0 Å². The average Bonchev–Trinajstić information content (AvgIpc) is 2.86. The normalized spacial score (nSPS) is 31.1.